The van der Waals surface area contributed by atoms with Crippen LogP contribution in [-0.2, 0) is 14.2 Å². The number of benzene rings is 1. The monoisotopic (exact) mass is 411 g/mol. The lowest BCUT2D eigenvalue weighted by Gasteiger charge is -2.30. The maximum Gasteiger partial charge on any atom is 0.407 e. The number of nitrogens with one attached hydrogen (secondary N) is 1. The SMILES string of the molecule is COC(=O)c1ccc(OCC(F)OC2CCC(NC(=O)OC(C)(C)C)CC2)cc1. The number of carbonyl (C=O) groups excluding carboxylic acids is 2. The molecule has 1 aromatic rings. The van der Waals surface area contributed by atoms with Crippen molar-refractivity contribution in [2.45, 2.75) is 70.6 Å². The first-order valence-electron chi connectivity index (χ1n) is 9.76. The van der Waals surface area contributed by atoms with Crippen LogP contribution in [0.1, 0.15) is 56.8 Å². The Labute approximate surface area is 170 Å². The number of methoxy groups -OCH3 is 1. The van der Waals surface area contributed by atoms with Gasteiger partial charge in [-0.05, 0) is 70.7 Å². The van der Waals surface area contributed by atoms with Crippen molar-refractivity contribution in [2.75, 3.05) is 13.7 Å². The quantitative estimate of drug-likeness (QED) is 0.683. The molecule has 0 aliphatic heterocycles. The van der Waals surface area contributed by atoms with Gasteiger partial charge in [-0.25, -0.2) is 14.0 Å². The van der Waals surface area contributed by atoms with Crippen LogP contribution < -0.4 is 10.1 Å². The van der Waals surface area contributed by atoms with Gasteiger partial charge in [-0.15, -0.1) is 0 Å². The summed E-state index contributed by atoms with van der Waals surface area (Å²) >= 11 is 0. The summed E-state index contributed by atoms with van der Waals surface area (Å²) in [5.41, 5.74) is -0.143. The van der Waals surface area contributed by atoms with Crippen molar-refractivity contribution in [3.63, 3.8) is 0 Å². The summed E-state index contributed by atoms with van der Waals surface area (Å²) in [6.07, 6.45) is 0.488. The summed E-state index contributed by atoms with van der Waals surface area (Å²) in [5, 5.41) is 2.84. The number of esters is 1. The van der Waals surface area contributed by atoms with Crippen LogP contribution in [0.25, 0.3) is 0 Å². The molecule has 0 saturated heterocycles. The zero-order chi connectivity index (χ0) is 21.4. The number of ether oxygens (including phenoxy) is 4. The van der Waals surface area contributed by atoms with Crippen LogP contribution in [0.3, 0.4) is 0 Å². The van der Waals surface area contributed by atoms with Gasteiger partial charge in [-0.1, -0.05) is 0 Å². The van der Waals surface area contributed by atoms with E-state index in [1.165, 1.54) is 7.11 Å². The standard InChI is InChI=1S/C21H30FNO6/c1-21(2,3)29-20(25)23-15-7-11-17(12-8-15)28-18(22)13-27-16-9-5-14(6-10-16)19(24)26-4/h5-6,9-10,15,17-18H,7-8,11-13H2,1-4H3,(H,23,25). The Kier molecular flexibility index (Phi) is 8.25. The highest BCUT2D eigenvalue weighted by molar-refractivity contribution is 5.89. The molecule has 1 aliphatic rings. The lowest BCUT2D eigenvalue weighted by Crippen LogP contribution is -2.42. The fourth-order valence-electron chi connectivity index (χ4n) is 3.03. The Bertz CT molecular complexity index is 665. The van der Waals surface area contributed by atoms with Crippen LogP contribution in [0.15, 0.2) is 24.3 Å². The number of hydrogen-bond donors (Lipinski definition) is 1. The highest BCUT2D eigenvalue weighted by Gasteiger charge is 2.27. The molecule has 0 heterocycles. The molecule has 1 atom stereocenters. The maximum atomic E-state index is 14.1. The molecule has 0 radical (unpaired) electrons. The number of alkyl halides is 1. The lowest BCUT2D eigenvalue weighted by atomic mass is 9.93. The van der Waals surface area contributed by atoms with Gasteiger partial charge in [0.1, 0.15) is 18.0 Å². The second kappa shape index (κ2) is 10.4. The third kappa shape index (κ3) is 8.27. The van der Waals surface area contributed by atoms with Gasteiger partial charge in [0, 0.05) is 6.04 Å². The molecule has 1 unspecified atom stereocenters. The van der Waals surface area contributed by atoms with Gasteiger partial charge in [0.25, 0.3) is 0 Å². The average molecular weight is 411 g/mol. The molecular weight excluding hydrogens is 381 g/mol. The number of carbonyl (C=O) groups is 2. The van der Waals surface area contributed by atoms with Crippen molar-refractivity contribution in [2.24, 2.45) is 0 Å². The molecule has 1 fully saturated rings. The average Bonchev–Trinajstić information content (AvgIpc) is 2.66. The molecule has 162 valence electrons. The van der Waals surface area contributed by atoms with Crippen LogP contribution in [0, 0.1) is 0 Å². The first-order valence-corrected chi connectivity index (χ1v) is 9.76. The van der Waals surface area contributed by atoms with E-state index in [0.29, 0.717) is 37.0 Å². The van der Waals surface area contributed by atoms with E-state index < -0.39 is 24.0 Å². The maximum absolute atomic E-state index is 14.1. The topological polar surface area (TPSA) is 83.1 Å². The number of amides is 1. The van der Waals surface area contributed by atoms with Crippen molar-refractivity contribution in [3.8, 4) is 5.75 Å². The predicted molar refractivity (Wildman–Crippen MR) is 105 cm³/mol. The fraction of sp³-hybridized carbons (Fsp3) is 0.619. The van der Waals surface area contributed by atoms with Crippen LogP contribution >= 0.6 is 0 Å². The van der Waals surface area contributed by atoms with E-state index in [1.54, 1.807) is 24.3 Å². The Hall–Kier alpha value is -2.35. The molecule has 7 nitrogen and oxygen atoms in total. The van der Waals surface area contributed by atoms with Gasteiger partial charge >= 0.3 is 12.1 Å². The van der Waals surface area contributed by atoms with E-state index in [2.05, 4.69) is 10.1 Å². The molecule has 1 aliphatic carbocycles. The van der Waals surface area contributed by atoms with Crippen LogP contribution in [0.4, 0.5) is 9.18 Å². The Morgan fingerprint density at radius 2 is 1.76 bits per heavy atom. The molecule has 0 bridgehead atoms. The normalized spacial score (nSPS) is 20.4. The second-order valence-electron chi connectivity index (χ2n) is 7.99. The van der Waals surface area contributed by atoms with Crippen molar-refractivity contribution in [1.82, 2.24) is 5.32 Å². The van der Waals surface area contributed by atoms with Crippen molar-refractivity contribution >= 4 is 12.1 Å². The highest BCUT2D eigenvalue weighted by atomic mass is 19.1. The van der Waals surface area contributed by atoms with Crippen molar-refractivity contribution in [1.29, 1.82) is 0 Å². The molecule has 0 spiro atoms. The smallest absolute Gasteiger partial charge is 0.407 e. The van der Waals surface area contributed by atoms with Gasteiger partial charge in [-0.3, -0.25) is 0 Å². The summed E-state index contributed by atoms with van der Waals surface area (Å²) in [6.45, 7) is 5.20. The Morgan fingerprint density at radius 1 is 1.14 bits per heavy atom. The third-order valence-electron chi connectivity index (χ3n) is 4.39. The molecule has 1 amide bonds. The van der Waals surface area contributed by atoms with Gasteiger partial charge in [-0.2, -0.15) is 0 Å². The van der Waals surface area contributed by atoms with E-state index in [4.69, 9.17) is 14.2 Å². The van der Waals surface area contributed by atoms with Crippen LogP contribution in [0.2, 0.25) is 0 Å². The minimum Gasteiger partial charge on any atom is -0.488 e. The molecule has 1 saturated carbocycles. The Morgan fingerprint density at radius 3 is 2.31 bits per heavy atom. The van der Waals surface area contributed by atoms with Gasteiger partial charge in [0.15, 0.2) is 0 Å². The third-order valence-corrected chi connectivity index (χ3v) is 4.39. The number of alkyl carbamates (subject to hydrolysis) is 1. The molecule has 2 rings (SSSR count). The first-order chi connectivity index (χ1) is 13.7. The molecule has 8 heteroatoms. The zero-order valence-corrected chi connectivity index (χ0v) is 17.4. The highest BCUT2D eigenvalue weighted by Crippen LogP contribution is 2.23. The van der Waals surface area contributed by atoms with E-state index in [-0.39, 0.29) is 18.8 Å². The first kappa shape index (κ1) is 22.9. The molecule has 29 heavy (non-hydrogen) atoms. The number of halogens is 1. The fourth-order valence-corrected chi connectivity index (χ4v) is 3.03. The van der Waals surface area contributed by atoms with Crippen LogP contribution in [-0.4, -0.2) is 49.9 Å². The summed E-state index contributed by atoms with van der Waals surface area (Å²) in [7, 11) is 1.30. The predicted octanol–water partition coefficient (Wildman–Crippen LogP) is 4.00. The Balaban J connectivity index is 1.67. The molecule has 1 aromatic carbocycles. The van der Waals surface area contributed by atoms with E-state index in [0.717, 1.165) is 0 Å². The van der Waals surface area contributed by atoms with E-state index in [9.17, 15) is 14.0 Å². The number of rotatable bonds is 7. The largest absolute Gasteiger partial charge is 0.488 e. The van der Waals surface area contributed by atoms with Gasteiger partial charge in [0.05, 0.1) is 18.8 Å². The summed E-state index contributed by atoms with van der Waals surface area (Å²) in [6, 6.07) is 6.26. The lowest BCUT2D eigenvalue weighted by molar-refractivity contribution is -0.115. The summed E-state index contributed by atoms with van der Waals surface area (Å²) in [5.74, 6) is -0.00538. The van der Waals surface area contributed by atoms with E-state index >= 15 is 0 Å². The zero-order valence-electron chi connectivity index (χ0n) is 17.4. The summed E-state index contributed by atoms with van der Waals surface area (Å²) < 4.78 is 34.8. The van der Waals surface area contributed by atoms with E-state index in [1.807, 2.05) is 20.8 Å². The number of hydrogen-bond acceptors (Lipinski definition) is 6. The molecular formula is C21H30FNO6. The summed E-state index contributed by atoms with van der Waals surface area (Å²) in [4.78, 5) is 23.2. The van der Waals surface area contributed by atoms with Crippen LogP contribution in [0.5, 0.6) is 5.75 Å². The minimum absolute atomic E-state index is 0.00679. The van der Waals surface area contributed by atoms with Crippen molar-refractivity contribution in [3.05, 3.63) is 29.8 Å². The van der Waals surface area contributed by atoms with Gasteiger partial charge in [0.2, 0.25) is 6.36 Å². The second-order valence-corrected chi connectivity index (χ2v) is 7.99. The van der Waals surface area contributed by atoms with Crippen molar-refractivity contribution < 1.29 is 32.9 Å². The van der Waals surface area contributed by atoms with Gasteiger partial charge < -0.3 is 24.3 Å². The minimum atomic E-state index is -1.56. The molecule has 1 N–H and O–H groups in total. The molecule has 0 aromatic heterocycles.